The van der Waals surface area contributed by atoms with Crippen molar-refractivity contribution in [2.75, 3.05) is 5.32 Å². The Morgan fingerprint density at radius 2 is 1.95 bits per heavy atom. The number of carboxylic acid groups (broad SMARTS) is 1. The van der Waals surface area contributed by atoms with E-state index < -0.39 is 11.2 Å². The monoisotopic (exact) mass is 309 g/mol. The summed E-state index contributed by atoms with van der Waals surface area (Å²) >= 11 is 1.28. The molecule has 2 N–H and O–H groups in total. The van der Waals surface area contributed by atoms with Crippen molar-refractivity contribution in [3.05, 3.63) is 24.3 Å². The highest BCUT2D eigenvalue weighted by Crippen LogP contribution is 2.32. The molecule has 1 amide bonds. The second-order valence-electron chi connectivity index (χ2n) is 5.03. The lowest BCUT2D eigenvalue weighted by Crippen LogP contribution is -2.21. The molecule has 116 valence electrons. The van der Waals surface area contributed by atoms with Crippen LogP contribution in [-0.2, 0) is 9.59 Å². The number of nitrogens with one attached hydrogen (secondary N) is 1. The maximum absolute atomic E-state index is 12.1. The number of hydrogen-bond donors (Lipinski definition) is 2. The molecule has 0 spiro atoms. The zero-order valence-electron chi connectivity index (χ0n) is 12.8. The van der Waals surface area contributed by atoms with Gasteiger partial charge in [0.15, 0.2) is 0 Å². The average Bonchev–Trinajstić information content (AvgIpc) is 2.46. The van der Waals surface area contributed by atoms with Gasteiger partial charge >= 0.3 is 5.97 Å². The summed E-state index contributed by atoms with van der Waals surface area (Å²) in [7, 11) is 0. The number of aliphatic carboxylic acids is 1. The molecule has 1 aromatic rings. The molecule has 0 aliphatic carbocycles. The van der Waals surface area contributed by atoms with Crippen LogP contribution in [0.15, 0.2) is 29.2 Å². The second-order valence-corrected chi connectivity index (χ2v) is 6.27. The van der Waals surface area contributed by atoms with Crippen LogP contribution in [0.2, 0.25) is 0 Å². The van der Waals surface area contributed by atoms with Gasteiger partial charge in [0.1, 0.15) is 5.25 Å². The van der Waals surface area contributed by atoms with Crippen LogP contribution in [0.1, 0.15) is 40.0 Å². The van der Waals surface area contributed by atoms with Gasteiger partial charge in [0.25, 0.3) is 0 Å². The van der Waals surface area contributed by atoms with E-state index in [2.05, 4.69) is 5.32 Å². The zero-order chi connectivity index (χ0) is 15.8. The molecule has 0 aliphatic heterocycles. The third-order valence-corrected chi connectivity index (χ3v) is 4.66. The fourth-order valence-corrected chi connectivity index (χ4v) is 2.93. The molecule has 0 aliphatic rings. The summed E-state index contributed by atoms with van der Waals surface area (Å²) in [4.78, 5) is 24.1. The lowest BCUT2D eigenvalue weighted by Gasteiger charge is -2.16. The Labute approximate surface area is 130 Å². The van der Waals surface area contributed by atoms with E-state index in [1.54, 1.807) is 0 Å². The summed E-state index contributed by atoms with van der Waals surface area (Å²) in [5.41, 5.74) is 0.690. The van der Waals surface area contributed by atoms with Crippen LogP contribution in [0.3, 0.4) is 0 Å². The third-order valence-electron chi connectivity index (χ3n) is 3.23. The fourth-order valence-electron chi connectivity index (χ4n) is 1.95. The number of carbonyl (C=O) groups excluding carboxylic acids is 1. The van der Waals surface area contributed by atoms with Crippen molar-refractivity contribution in [2.45, 2.75) is 50.2 Å². The molecule has 1 rings (SSSR count). The van der Waals surface area contributed by atoms with Crippen molar-refractivity contribution in [1.29, 1.82) is 0 Å². The average molecular weight is 309 g/mol. The van der Waals surface area contributed by atoms with Gasteiger partial charge in [0, 0.05) is 10.8 Å². The van der Waals surface area contributed by atoms with Gasteiger partial charge in [-0.05, 0) is 25.0 Å². The highest BCUT2D eigenvalue weighted by molar-refractivity contribution is 8.00. The minimum atomic E-state index is -0.831. The van der Waals surface area contributed by atoms with E-state index in [0.717, 1.165) is 17.7 Å². The molecule has 0 fully saturated rings. The van der Waals surface area contributed by atoms with Gasteiger partial charge < -0.3 is 10.4 Å². The van der Waals surface area contributed by atoms with E-state index in [-0.39, 0.29) is 11.8 Å². The predicted molar refractivity (Wildman–Crippen MR) is 86.7 cm³/mol. The molecule has 0 saturated heterocycles. The van der Waals surface area contributed by atoms with E-state index >= 15 is 0 Å². The van der Waals surface area contributed by atoms with Crippen LogP contribution >= 0.6 is 11.8 Å². The third kappa shape index (κ3) is 5.42. The van der Waals surface area contributed by atoms with Gasteiger partial charge in [-0.25, -0.2) is 0 Å². The molecule has 0 unspecified atom stereocenters. The smallest absolute Gasteiger partial charge is 0.316 e. The van der Waals surface area contributed by atoms with E-state index in [0.29, 0.717) is 12.1 Å². The van der Waals surface area contributed by atoms with Crippen LogP contribution < -0.4 is 5.32 Å². The summed E-state index contributed by atoms with van der Waals surface area (Å²) in [6.45, 7) is 5.79. The predicted octanol–water partition coefficient (Wildman–Crippen LogP) is 4.02. The minimum absolute atomic E-state index is 0.0201. The molecular weight excluding hydrogens is 286 g/mol. The van der Waals surface area contributed by atoms with E-state index in [1.165, 1.54) is 11.8 Å². The highest BCUT2D eigenvalue weighted by atomic mass is 32.2. The molecule has 2 atom stereocenters. The van der Waals surface area contributed by atoms with Crippen LogP contribution in [0, 0.1) is 5.92 Å². The lowest BCUT2D eigenvalue weighted by atomic mass is 10.1. The van der Waals surface area contributed by atoms with Crippen molar-refractivity contribution < 1.29 is 14.7 Å². The van der Waals surface area contributed by atoms with Gasteiger partial charge in [-0.3, -0.25) is 9.59 Å². The molecule has 1 aromatic carbocycles. The Kier molecular flexibility index (Phi) is 7.29. The minimum Gasteiger partial charge on any atom is -0.480 e. The molecule has 5 heteroatoms. The first-order valence-electron chi connectivity index (χ1n) is 7.28. The van der Waals surface area contributed by atoms with E-state index in [4.69, 9.17) is 5.11 Å². The number of carboxylic acids is 1. The first-order chi connectivity index (χ1) is 9.99. The molecule has 0 bridgehead atoms. The Morgan fingerprint density at radius 1 is 1.29 bits per heavy atom. The number of carbonyl (C=O) groups is 2. The van der Waals surface area contributed by atoms with Gasteiger partial charge in [-0.2, -0.15) is 0 Å². The van der Waals surface area contributed by atoms with Gasteiger partial charge in [0.2, 0.25) is 5.91 Å². The van der Waals surface area contributed by atoms with Crippen LogP contribution in [-0.4, -0.2) is 22.2 Å². The summed E-state index contributed by atoms with van der Waals surface area (Å²) < 4.78 is 0. The summed E-state index contributed by atoms with van der Waals surface area (Å²) in [6, 6.07) is 7.34. The number of rotatable bonds is 8. The molecule has 4 nitrogen and oxygen atoms in total. The van der Waals surface area contributed by atoms with Crippen LogP contribution in [0.4, 0.5) is 5.69 Å². The topological polar surface area (TPSA) is 66.4 Å². The first-order valence-corrected chi connectivity index (χ1v) is 8.16. The molecule has 0 radical (unpaired) electrons. The Balaban J connectivity index is 2.84. The standard InChI is InChI=1S/C16H23NO3S/c1-4-8-11(3)15(18)17-12-9-6-7-10-14(12)21-13(5-2)16(19)20/h6-7,9-11,13H,4-5,8H2,1-3H3,(H,17,18)(H,19,20)/t11-,13-/m0/s1. The highest BCUT2D eigenvalue weighted by Gasteiger charge is 2.19. The van der Waals surface area contributed by atoms with E-state index in [1.807, 2.05) is 45.0 Å². The number of hydrogen-bond acceptors (Lipinski definition) is 3. The van der Waals surface area contributed by atoms with E-state index in [9.17, 15) is 9.59 Å². The van der Waals surface area contributed by atoms with Gasteiger partial charge in [-0.1, -0.05) is 39.3 Å². The maximum Gasteiger partial charge on any atom is 0.316 e. The number of anilines is 1. The summed E-state index contributed by atoms with van der Waals surface area (Å²) in [6.07, 6.45) is 2.34. The Morgan fingerprint density at radius 3 is 2.52 bits per heavy atom. The number of para-hydroxylation sites is 1. The molecule has 0 saturated carbocycles. The van der Waals surface area contributed by atoms with Gasteiger partial charge in [0.05, 0.1) is 5.69 Å². The molecule has 21 heavy (non-hydrogen) atoms. The first kappa shape index (κ1) is 17.6. The normalized spacial score (nSPS) is 13.5. The fraction of sp³-hybridized carbons (Fsp3) is 0.500. The van der Waals surface area contributed by atoms with Gasteiger partial charge in [-0.15, -0.1) is 11.8 Å². The zero-order valence-corrected chi connectivity index (χ0v) is 13.6. The Bertz CT molecular complexity index is 490. The number of benzene rings is 1. The maximum atomic E-state index is 12.1. The number of thioether (sulfide) groups is 1. The SMILES string of the molecule is CCC[C@H](C)C(=O)Nc1ccccc1S[C@@H](CC)C(=O)O. The van der Waals surface area contributed by atoms with Crippen molar-refractivity contribution in [2.24, 2.45) is 5.92 Å². The van der Waals surface area contributed by atoms with Crippen molar-refractivity contribution in [1.82, 2.24) is 0 Å². The largest absolute Gasteiger partial charge is 0.480 e. The van der Waals surface area contributed by atoms with Crippen LogP contribution in [0.25, 0.3) is 0 Å². The Hall–Kier alpha value is -1.49. The quantitative estimate of drug-likeness (QED) is 0.712. The molecule has 0 heterocycles. The summed E-state index contributed by atoms with van der Waals surface area (Å²) in [5.74, 6) is -0.897. The van der Waals surface area contributed by atoms with Crippen LogP contribution in [0.5, 0.6) is 0 Å². The molecular formula is C16H23NO3S. The lowest BCUT2D eigenvalue weighted by molar-refractivity contribution is -0.136. The second kappa shape index (κ2) is 8.72. The van der Waals surface area contributed by atoms with Crippen molar-refractivity contribution >= 4 is 29.3 Å². The number of amides is 1. The summed E-state index contributed by atoms with van der Waals surface area (Å²) in [5, 5.41) is 11.6. The van der Waals surface area contributed by atoms with Crippen molar-refractivity contribution in [3.63, 3.8) is 0 Å². The molecule has 0 aromatic heterocycles. The van der Waals surface area contributed by atoms with Crippen molar-refractivity contribution in [3.8, 4) is 0 Å².